The van der Waals surface area contributed by atoms with Crippen LogP contribution in [0.25, 0.3) is 0 Å². The average molecular weight is 453 g/mol. The molecule has 9 heteroatoms. The summed E-state index contributed by atoms with van der Waals surface area (Å²) in [6.45, 7) is 3.76. The molecular weight excluding hydrogens is 428 g/mol. The van der Waals surface area contributed by atoms with Crippen LogP contribution in [-0.2, 0) is 5.75 Å². The summed E-state index contributed by atoms with van der Waals surface area (Å²) in [5.41, 5.74) is 1.98. The Bertz CT molecular complexity index is 1090. The first-order valence-electron chi connectivity index (χ1n) is 10.3. The van der Waals surface area contributed by atoms with Crippen LogP contribution in [0.2, 0.25) is 0 Å². The highest BCUT2D eigenvalue weighted by Gasteiger charge is 2.27. The molecule has 3 aromatic rings. The van der Waals surface area contributed by atoms with E-state index in [1.165, 1.54) is 11.8 Å². The number of nitrogens with zero attached hydrogens (tertiary/aromatic N) is 4. The van der Waals surface area contributed by atoms with Crippen molar-refractivity contribution in [2.75, 3.05) is 33.3 Å². The van der Waals surface area contributed by atoms with Crippen molar-refractivity contribution >= 4 is 23.6 Å². The maximum atomic E-state index is 13.2. The van der Waals surface area contributed by atoms with E-state index in [-0.39, 0.29) is 11.8 Å². The number of pyridine rings is 1. The standard InChI is InChI=1S/C23H24N4O4S/c1-16-14-18(25-31-16)15-32-21-20(4-3-9-24-21)23(29)27-12-10-26(11-13-27)22(28)17-5-7-19(30-2)8-6-17/h3-9,14H,10-13,15H2,1-2H3. The Balaban J connectivity index is 1.37. The third kappa shape index (κ3) is 4.94. The summed E-state index contributed by atoms with van der Waals surface area (Å²) in [4.78, 5) is 33.9. The number of piperazine rings is 1. The molecule has 2 amide bonds. The third-order valence-corrected chi connectivity index (χ3v) is 6.27. The number of hydrogen-bond acceptors (Lipinski definition) is 7. The van der Waals surface area contributed by atoms with Gasteiger partial charge in [-0.15, -0.1) is 0 Å². The Labute approximate surface area is 190 Å². The second-order valence-corrected chi connectivity index (χ2v) is 8.35. The second-order valence-electron chi connectivity index (χ2n) is 7.39. The number of amides is 2. The van der Waals surface area contributed by atoms with Crippen LogP contribution >= 0.6 is 11.8 Å². The lowest BCUT2D eigenvalue weighted by molar-refractivity contribution is 0.0533. The van der Waals surface area contributed by atoms with Gasteiger partial charge < -0.3 is 19.1 Å². The second kappa shape index (κ2) is 9.86. The van der Waals surface area contributed by atoms with Crippen LogP contribution in [0.4, 0.5) is 0 Å². The lowest BCUT2D eigenvalue weighted by Gasteiger charge is -2.35. The molecule has 1 fully saturated rings. The molecule has 8 nitrogen and oxygen atoms in total. The summed E-state index contributed by atoms with van der Waals surface area (Å²) in [6, 6.07) is 12.5. The summed E-state index contributed by atoms with van der Waals surface area (Å²) in [5.74, 6) is 1.91. The molecule has 1 aromatic carbocycles. The number of hydrogen-bond donors (Lipinski definition) is 0. The number of carbonyl (C=O) groups is 2. The van der Waals surface area contributed by atoms with Gasteiger partial charge in [-0.1, -0.05) is 16.9 Å². The molecule has 0 N–H and O–H groups in total. The predicted molar refractivity (Wildman–Crippen MR) is 120 cm³/mol. The van der Waals surface area contributed by atoms with Crippen molar-refractivity contribution < 1.29 is 18.8 Å². The van der Waals surface area contributed by atoms with Crippen molar-refractivity contribution in [3.63, 3.8) is 0 Å². The zero-order valence-electron chi connectivity index (χ0n) is 18.0. The van der Waals surface area contributed by atoms with Crippen LogP contribution < -0.4 is 4.74 Å². The fraction of sp³-hybridized carbons (Fsp3) is 0.304. The number of benzene rings is 1. The van der Waals surface area contributed by atoms with E-state index in [9.17, 15) is 9.59 Å². The van der Waals surface area contributed by atoms with Gasteiger partial charge in [0.15, 0.2) is 0 Å². The van der Waals surface area contributed by atoms with E-state index in [0.29, 0.717) is 53.8 Å². The van der Waals surface area contributed by atoms with Gasteiger partial charge in [-0.2, -0.15) is 0 Å². The summed E-state index contributed by atoms with van der Waals surface area (Å²) in [5, 5.41) is 4.65. The smallest absolute Gasteiger partial charge is 0.256 e. The van der Waals surface area contributed by atoms with Crippen LogP contribution in [0.1, 0.15) is 32.2 Å². The molecule has 3 heterocycles. The van der Waals surface area contributed by atoms with Crippen LogP contribution in [0.15, 0.2) is 58.2 Å². The van der Waals surface area contributed by atoms with Crippen molar-refractivity contribution in [2.24, 2.45) is 0 Å². The molecule has 1 aliphatic rings. The van der Waals surface area contributed by atoms with E-state index in [0.717, 1.165) is 11.5 Å². The molecule has 1 saturated heterocycles. The highest BCUT2D eigenvalue weighted by Crippen LogP contribution is 2.25. The number of ether oxygens (including phenoxy) is 1. The Kier molecular flexibility index (Phi) is 6.75. The highest BCUT2D eigenvalue weighted by molar-refractivity contribution is 7.98. The topological polar surface area (TPSA) is 88.8 Å². The predicted octanol–water partition coefficient (Wildman–Crippen LogP) is 3.28. The number of rotatable bonds is 6. The van der Waals surface area contributed by atoms with Crippen molar-refractivity contribution in [3.05, 3.63) is 71.2 Å². The molecule has 0 spiro atoms. The largest absolute Gasteiger partial charge is 0.497 e. The molecular formula is C23H24N4O4S. The zero-order valence-corrected chi connectivity index (χ0v) is 18.8. The lowest BCUT2D eigenvalue weighted by Crippen LogP contribution is -2.50. The number of aromatic nitrogens is 2. The van der Waals surface area contributed by atoms with E-state index in [1.807, 2.05) is 13.0 Å². The summed E-state index contributed by atoms with van der Waals surface area (Å²) in [7, 11) is 1.59. The van der Waals surface area contributed by atoms with Gasteiger partial charge in [0.05, 0.1) is 18.4 Å². The van der Waals surface area contributed by atoms with Crippen LogP contribution in [0.3, 0.4) is 0 Å². The van der Waals surface area contributed by atoms with Crippen molar-refractivity contribution in [1.82, 2.24) is 19.9 Å². The fourth-order valence-electron chi connectivity index (χ4n) is 3.50. The Morgan fingerprint density at radius 1 is 1.06 bits per heavy atom. The molecule has 0 radical (unpaired) electrons. The van der Waals surface area contributed by atoms with Gasteiger partial charge in [0, 0.05) is 49.8 Å². The molecule has 0 aliphatic carbocycles. The highest BCUT2D eigenvalue weighted by atomic mass is 32.2. The summed E-state index contributed by atoms with van der Waals surface area (Å²) >= 11 is 1.46. The van der Waals surface area contributed by atoms with Crippen molar-refractivity contribution in [1.29, 1.82) is 0 Å². The van der Waals surface area contributed by atoms with Gasteiger partial charge in [-0.05, 0) is 43.3 Å². The van der Waals surface area contributed by atoms with Crippen LogP contribution in [0.5, 0.6) is 5.75 Å². The summed E-state index contributed by atoms with van der Waals surface area (Å²) in [6.07, 6.45) is 1.68. The number of thioether (sulfide) groups is 1. The number of aryl methyl sites for hydroxylation is 1. The fourth-order valence-corrected chi connectivity index (χ4v) is 4.36. The van der Waals surface area contributed by atoms with Gasteiger partial charge in [0.25, 0.3) is 11.8 Å². The van der Waals surface area contributed by atoms with Gasteiger partial charge >= 0.3 is 0 Å². The Hall–Kier alpha value is -3.33. The zero-order chi connectivity index (χ0) is 22.5. The lowest BCUT2D eigenvalue weighted by atomic mass is 10.1. The molecule has 0 unspecified atom stereocenters. The Morgan fingerprint density at radius 2 is 1.75 bits per heavy atom. The van der Waals surface area contributed by atoms with E-state index in [2.05, 4.69) is 10.1 Å². The molecule has 166 valence electrons. The number of methoxy groups -OCH3 is 1. The molecule has 32 heavy (non-hydrogen) atoms. The minimum atomic E-state index is -0.0755. The first-order valence-corrected chi connectivity index (χ1v) is 11.3. The van der Waals surface area contributed by atoms with Crippen molar-refractivity contribution in [3.8, 4) is 5.75 Å². The quantitative estimate of drug-likeness (QED) is 0.530. The normalized spacial score (nSPS) is 13.8. The molecule has 4 rings (SSSR count). The maximum Gasteiger partial charge on any atom is 0.256 e. The maximum absolute atomic E-state index is 13.2. The van der Waals surface area contributed by atoms with E-state index < -0.39 is 0 Å². The first kappa shape index (κ1) is 21.9. The molecule has 0 atom stereocenters. The monoisotopic (exact) mass is 452 g/mol. The SMILES string of the molecule is COc1ccc(C(=O)N2CCN(C(=O)c3cccnc3SCc3cc(C)on3)CC2)cc1. The van der Waals surface area contributed by atoms with E-state index in [1.54, 1.807) is 59.5 Å². The van der Waals surface area contributed by atoms with Crippen LogP contribution in [-0.4, -0.2) is 65.0 Å². The summed E-state index contributed by atoms with van der Waals surface area (Å²) < 4.78 is 10.2. The molecule has 1 aliphatic heterocycles. The first-order chi connectivity index (χ1) is 15.5. The minimum absolute atomic E-state index is 0.0414. The molecule has 2 aromatic heterocycles. The molecule has 0 bridgehead atoms. The van der Waals surface area contributed by atoms with Gasteiger partial charge in [0.1, 0.15) is 16.5 Å². The minimum Gasteiger partial charge on any atom is -0.497 e. The van der Waals surface area contributed by atoms with Gasteiger partial charge in [0.2, 0.25) is 0 Å². The van der Waals surface area contributed by atoms with E-state index >= 15 is 0 Å². The number of carbonyl (C=O) groups excluding carboxylic acids is 2. The average Bonchev–Trinajstić information content (AvgIpc) is 3.27. The van der Waals surface area contributed by atoms with E-state index in [4.69, 9.17) is 9.26 Å². The van der Waals surface area contributed by atoms with Gasteiger partial charge in [-0.3, -0.25) is 9.59 Å². The Morgan fingerprint density at radius 3 is 2.38 bits per heavy atom. The van der Waals surface area contributed by atoms with Crippen molar-refractivity contribution in [2.45, 2.75) is 17.7 Å². The van der Waals surface area contributed by atoms with Gasteiger partial charge in [-0.25, -0.2) is 4.98 Å². The van der Waals surface area contributed by atoms with Crippen LogP contribution in [0, 0.1) is 6.92 Å². The third-order valence-electron chi connectivity index (χ3n) is 5.23. The molecule has 0 saturated carbocycles.